The Labute approximate surface area is 128 Å². The van der Waals surface area contributed by atoms with E-state index in [0.29, 0.717) is 12.5 Å². The first-order valence-corrected chi connectivity index (χ1v) is 7.91. The SMILES string of the molecule is CC(C)CC(C)(C)C(=O)N1C[C@@H](N)[C@H](c2ccccc2)C1. The second kappa shape index (κ2) is 6.18. The van der Waals surface area contributed by atoms with Gasteiger partial charge in [-0.15, -0.1) is 0 Å². The van der Waals surface area contributed by atoms with Crippen LogP contribution in [0, 0.1) is 11.3 Å². The highest BCUT2D eigenvalue weighted by Crippen LogP contribution is 2.33. The van der Waals surface area contributed by atoms with Crippen LogP contribution in [0.5, 0.6) is 0 Å². The quantitative estimate of drug-likeness (QED) is 0.925. The van der Waals surface area contributed by atoms with E-state index >= 15 is 0 Å². The number of nitrogens with two attached hydrogens (primary N) is 1. The van der Waals surface area contributed by atoms with Gasteiger partial charge in [-0.1, -0.05) is 58.0 Å². The fraction of sp³-hybridized carbons (Fsp3) is 0.611. The van der Waals surface area contributed by atoms with Gasteiger partial charge in [-0.05, 0) is 17.9 Å². The molecule has 1 heterocycles. The van der Waals surface area contributed by atoms with Crippen LogP contribution < -0.4 is 5.73 Å². The summed E-state index contributed by atoms with van der Waals surface area (Å²) < 4.78 is 0. The van der Waals surface area contributed by atoms with Crippen LogP contribution in [0.4, 0.5) is 0 Å². The largest absolute Gasteiger partial charge is 0.340 e. The monoisotopic (exact) mass is 288 g/mol. The van der Waals surface area contributed by atoms with E-state index in [-0.39, 0.29) is 23.3 Å². The van der Waals surface area contributed by atoms with Gasteiger partial charge >= 0.3 is 0 Å². The maximum Gasteiger partial charge on any atom is 0.228 e. The summed E-state index contributed by atoms with van der Waals surface area (Å²) in [6.07, 6.45) is 0.910. The molecule has 21 heavy (non-hydrogen) atoms. The van der Waals surface area contributed by atoms with E-state index in [4.69, 9.17) is 5.73 Å². The molecule has 1 aliphatic heterocycles. The lowest BCUT2D eigenvalue weighted by Crippen LogP contribution is -2.41. The van der Waals surface area contributed by atoms with Crippen molar-refractivity contribution in [3.8, 4) is 0 Å². The van der Waals surface area contributed by atoms with Gasteiger partial charge in [0.05, 0.1) is 0 Å². The van der Waals surface area contributed by atoms with Crippen molar-refractivity contribution in [1.29, 1.82) is 0 Å². The van der Waals surface area contributed by atoms with E-state index in [9.17, 15) is 4.79 Å². The third kappa shape index (κ3) is 3.65. The molecule has 0 saturated carbocycles. The van der Waals surface area contributed by atoms with Gasteiger partial charge in [0.1, 0.15) is 0 Å². The minimum absolute atomic E-state index is 0.0335. The Bertz CT molecular complexity index is 481. The Morgan fingerprint density at radius 2 is 1.90 bits per heavy atom. The van der Waals surface area contributed by atoms with Crippen LogP contribution in [0.15, 0.2) is 30.3 Å². The van der Waals surface area contributed by atoms with Crippen LogP contribution in [0.1, 0.15) is 45.6 Å². The van der Waals surface area contributed by atoms with Gasteiger partial charge in [0.25, 0.3) is 0 Å². The Hall–Kier alpha value is -1.35. The van der Waals surface area contributed by atoms with Crippen LogP contribution >= 0.6 is 0 Å². The average Bonchev–Trinajstić information content (AvgIpc) is 2.79. The number of nitrogens with zero attached hydrogens (tertiary/aromatic N) is 1. The summed E-state index contributed by atoms with van der Waals surface area (Å²) >= 11 is 0. The molecule has 3 heteroatoms. The van der Waals surface area contributed by atoms with Gasteiger partial charge in [-0.25, -0.2) is 0 Å². The summed E-state index contributed by atoms with van der Waals surface area (Å²) in [4.78, 5) is 14.8. The number of hydrogen-bond donors (Lipinski definition) is 1. The second-order valence-electron chi connectivity index (χ2n) is 7.37. The fourth-order valence-electron chi connectivity index (χ4n) is 3.58. The van der Waals surface area contributed by atoms with Gasteiger partial charge in [-0.3, -0.25) is 4.79 Å². The summed E-state index contributed by atoms with van der Waals surface area (Å²) in [5.74, 6) is 1.01. The zero-order valence-corrected chi connectivity index (χ0v) is 13.7. The smallest absolute Gasteiger partial charge is 0.228 e. The molecule has 2 atom stereocenters. The van der Waals surface area contributed by atoms with Crippen molar-refractivity contribution in [2.24, 2.45) is 17.1 Å². The van der Waals surface area contributed by atoms with Gasteiger partial charge in [0.15, 0.2) is 0 Å². The van der Waals surface area contributed by atoms with Crippen molar-refractivity contribution in [2.75, 3.05) is 13.1 Å². The van der Waals surface area contributed by atoms with E-state index < -0.39 is 0 Å². The normalized spacial score (nSPS) is 22.9. The lowest BCUT2D eigenvalue weighted by molar-refractivity contribution is -0.140. The lowest BCUT2D eigenvalue weighted by Gasteiger charge is -2.30. The fourth-order valence-corrected chi connectivity index (χ4v) is 3.58. The van der Waals surface area contributed by atoms with Crippen molar-refractivity contribution in [3.05, 3.63) is 35.9 Å². The van der Waals surface area contributed by atoms with Gasteiger partial charge < -0.3 is 10.6 Å². The number of carbonyl (C=O) groups is 1. The first-order valence-electron chi connectivity index (χ1n) is 7.91. The first kappa shape index (κ1) is 16.0. The van der Waals surface area contributed by atoms with Crippen molar-refractivity contribution in [2.45, 2.75) is 46.1 Å². The molecule has 0 aromatic heterocycles. The molecule has 116 valence electrons. The van der Waals surface area contributed by atoms with E-state index in [0.717, 1.165) is 13.0 Å². The van der Waals surface area contributed by atoms with E-state index in [1.54, 1.807) is 0 Å². The van der Waals surface area contributed by atoms with Crippen molar-refractivity contribution in [3.63, 3.8) is 0 Å². The summed E-state index contributed by atoms with van der Waals surface area (Å²) in [6, 6.07) is 10.3. The highest BCUT2D eigenvalue weighted by molar-refractivity contribution is 5.82. The molecular formula is C18H28N2O. The van der Waals surface area contributed by atoms with E-state index in [1.165, 1.54) is 5.56 Å². The molecule has 1 saturated heterocycles. The number of likely N-dealkylation sites (tertiary alicyclic amines) is 1. The molecule has 1 aromatic carbocycles. The summed E-state index contributed by atoms with van der Waals surface area (Å²) in [5.41, 5.74) is 7.22. The predicted octanol–water partition coefficient (Wildman–Crippen LogP) is 3.01. The van der Waals surface area contributed by atoms with Gasteiger partial charge in [0, 0.05) is 30.5 Å². The first-order chi connectivity index (χ1) is 9.81. The highest BCUT2D eigenvalue weighted by atomic mass is 16.2. The number of rotatable bonds is 4. The molecule has 1 fully saturated rings. The number of carbonyl (C=O) groups excluding carboxylic acids is 1. The Kier molecular flexibility index (Phi) is 4.72. The van der Waals surface area contributed by atoms with Crippen LogP contribution in [0.3, 0.4) is 0 Å². The van der Waals surface area contributed by atoms with Crippen LogP contribution in [-0.4, -0.2) is 29.9 Å². The molecule has 0 bridgehead atoms. The minimum atomic E-state index is -0.306. The van der Waals surface area contributed by atoms with E-state index in [2.05, 4.69) is 39.8 Å². The molecule has 2 rings (SSSR count). The number of amides is 1. The zero-order chi connectivity index (χ0) is 15.6. The molecule has 0 radical (unpaired) electrons. The maximum absolute atomic E-state index is 12.8. The molecule has 1 aromatic rings. The average molecular weight is 288 g/mol. The topological polar surface area (TPSA) is 46.3 Å². The molecule has 0 aliphatic carbocycles. The predicted molar refractivity (Wildman–Crippen MR) is 87.0 cm³/mol. The third-order valence-corrected chi connectivity index (χ3v) is 4.38. The third-order valence-electron chi connectivity index (χ3n) is 4.38. The molecule has 1 aliphatic rings. The lowest BCUT2D eigenvalue weighted by atomic mass is 9.82. The Balaban J connectivity index is 2.09. The summed E-state index contributed by atoms with van der Waals surface area (Å²) in [5, 5.41) is 0. The molecule has 3 nitrogen and oxygen atoms in total. The standard InChI is InChI=1S/C18H28N2O/c1-13(2)10-18(3,4)17(21)20-11-15(16(19)12-20)14-8-6-5-7-9-14/h5-9,13,15-16H,10-12,19H2,1-4H3/t15-,16+/m0/s1. The minimum Gasteiger partial charge on any atom is -0.340 e. The molecule has 1 amide bonds. The number of benzene rings is 1. The zero-order valence-electron chi connectivity index (χ0n) is 13.7. The highest BCUT2D eigenvalue weighted by Gasteiger charge is 2.39. The summed E-state index contributed by atoms with van der Waals surface area (Å²) in [7, 11) is 0. The van der Waals surface area contributed by atoms with Crippen LogP contribution in [-0.2, 0) is 4.79 Å². The molecule has 0 unspecified atom stereocenters. The number of hydrogen-bond acceptors (Lipinski definition) is 2. The van der Waals surface area contributed by atoms with Gasteiger partial charge in [0.2, 0.25) is 5.91 Å². The van der Waals surface area contributed by atoms with Crippen molar-refractivity contribution in [1.82, 2.24) is 4.90 Å². The van der Waals surface area contributed by atoms with Crippen molar-refractivity contribution < 1.29 is 4.79 Å². The Morgan fingerprint density at radius 1 is 1.29 bits per heavy atom. The molecule has 0 spiro atoms. The van der Waals surface area contributed by atoms with Crippen LogP contribution in [0.2, 0.25) is 0 Å². The summed E-state index contributed by atoms with van der Waals surface area (Å²) in [6.45, 7) is 9.84. The maximum atomic E-state index is 12.8. The second-order valence-corrected chi connectivity index (χ2v) is 7.37. The van der Waals surface area contributed by atoms with E-state index in [1.807, 2.05) is 23.1 Å². The van der Waals surface area contributed by atoms with Crippen molar-refractivity contribution >= 4 is 5.91 Å². The molecular weight excluding hydrogens is 260 g/mol. The van der Waals surface area contributed by atoms with Crippen LogP contribution in [0.25, 0.3) is 0 Å². The molecule has 2 N–H and O–H groups in total. The van der Waals surface area contributed by atoms with Gasteiger partial charge in [-0.2, -0.15) is 0 Å². The Morgan fingerprint density at radius 3 is 2.48 bits per heavy atom.